The van der Waals surface area contributed by atoms with E-state index < -0.39 is 0 Å². The lowest BCUT2D eigenvalue weighted by Gasteiger charge is -2.11. The van der Waals surface area contributed by atoms with Crippen LogP contribution in [0.4, 0.5) is 0 Å². The van der Waals surface area contributed by atoms with E-state index in [1.54, 1.807) is 6.26 Å². The Morgan fingerprint density at radius 3 is 3.06 bits per heavy atom. The lowest BCUT2D eigenvalue weighted by Crippen LogP contribution is -2.29. The fourth-order valence-corrected chi connectivity index (χ4v) is 1.87. The van der Waals surface area contributed by atoms with Crippen molar-refractivity contribution in [2.45, 2.75) is 25.8 Å². The van der Waals surface area contributed by atoms with Crippen molar-refractivity contribution in [3.63, 3.8) is 0 Å². The first kappa shape index (κ1) is 11.9. The average molecular weight is 233 g/mol. The van der Waals surface area contributed by atoms with Crippen LogP contribution in [0, 0.1) is 0 Å². The molecule has 0 fully saturated rings. The molecule has 0 radical (unpaired) electrons. The van der Waals surface area contributed by atoms with Gasteiger partial charge >= 0.3 is 0 Å². The number of rotatable bonds is 6. The van der Waals surface area contributed by atoms with E-state index >= 15 is 0 Å². The molecule has 4 nitrogen and oxygen atoms in total. The molecule has 92 valence electrons. The highest BCUT2D eigenvalue weighted by Crippen LogP contribution is 2.04. The maximum absolute atomic E-state index is 5.32. The summed E-state index contributed by atoms with van der Waals surface area (Å²) in [7, 11) is 1.94. The Bertz CT molecular complexity index is 433. The van der Waals surface area contributed by atoms with Crippen molar-refractivity contribution in [3.8, 4) is 0 Å². The maximum Gasteiger partial charge on any atom is 0.105 e. The number of furan rings is 1. The molecule has 0 aromatic carbocycles. The van der Waals surface area contributed by atoms with Crippen LogP contribution in [0.1, 0.15) is 18.2 Å². The van der Waals surface area contributed by atoms with Gasteiger partial charge in [-0.1, -0.05) is 0 Å². The second-order valence-electron chi connectivity index (χ2n) is 4.41. The van der Waals surface area contributed by atoms with Crippen LogP contribution in [-0.2, 0) is 19.9 Å². The largest absolute Gasteiger partial charge is 0.469 e. The van der Waals surface area contributed by atoms with Gasteiger partial charge in [0.1, 0.15) is 5.76 Å². The highest BCUT2D eigenvalue weighted by Gasteiger charge is 2.05. The van der Waals surface area contributed by atoms with Crippen molar-refractivity contribution >= 4 is 0 Å². The molecule has 0 spiro atoms. The van der Waals surface area contributed by atoms with Crippen LogP contribution in [0.15, 0.2) is 35.2 Å². The molecule has 2 aromatic rings. The van der Waals surface area contributed by atoms with E-state index in [0.717, 1.165) is 25.1 Å². The Balaban J connectivity index is 1.68. The number of nitrogens with zero attached hydrogens (tertiary/aromatic N) is 2. The summed E-state index contributed by atoms with van der Waals surface area (Å²) in [6.45, 7) is 3.14. The van der Waals surface area contributed by atoms with E-state index in [0.29, 0.717) is 6.04 Å². The number of aromatic nitrogens is 2. The van der Waals surface area contributed by atoms with Gasteiger partial charge in [0.2, 0.25) is 0 Å². The quantitative estimate of drug-likeness (QED) is 0.827. The topological polar surface area (TPSA) is 43.0 Å². The number of hydrogen-bond donors (Lipinski definition) is 1. The van der Waals surface area contributed by atoms with Crippen LogP contribution in [0.2, 0.25) is 0 Å². The van der Waals surface area contributed by atoms with Crippen molar-refractivity contribution in [3.05, 3.63) is 42.1 Å². The molecule has 1 atom stereocenters. The van der Waals surface area contributed by atoms with Crippen molar-refractivity contribution < 1.29 is 4.42 Å². The Hall–Kier alpha value is -1.55. The van der Waals surface area contributed by atoms with Gasteiger partial charge in [-0.05, 0) is 37.6 Å². The second-order valence-corrected chi connectivity index (χ2v) is 4.41. The molecule has 2 rings (SSSR count). The third-order valence-corrected chi connectivity index (χ3v) is 2.75. The lowest BCUT2D eigenvalue weighted by molar-refractivity contribution is 0.458. The first-order chi connectivity index (χ1) is 8.24. The van der Waals surface area contributed by atoms with Gasteiger partial charge in [-0.3, -0.25) is 4.68 Å². The smallest absolute Gasteiger partial charge is 0.105 e. The van der Waals surface area contributed by atoms with Gasteiger partial charge in [0, 0.05) is 25.7 Å². The molecule has 2 aromatic heterocycles. The van der Waals surface area contributed by atoms with Gasteiger partial charge in [0.05, 0.1) is 12.5 Å². The molecule has 0 bridgehead atoms. The molecule has 0 aliphatic heterocycles. The molecular weight excluding hydrogens is 214 g/mol. The third-order valence-electron chi connectivity index (χ3n) is 2.75. The molecule has 0 saturated carbocycles. The average Bonchev–Trinajstić information content (AvgIpc) is 2.90. The van der Waals surface area contributed by atoms with E-state index in [2.05, 4.69) is 23.5 Å². The second kappa shape index (κ2) is 5.68. The summed E-state index contributed by atoms with van der Waals surface area (Å²) >= 11 is 0. The monoisotopic (exact) mass is 233 g/mol. The predicted molar refractivity (Wildman–Crippen MR) is 66.8 cm³/mol. The fourth-order valence-electron chi connectivity index (χ4n) is 1.87. The molecule has 4 heteroatoms. The first-order valence-corrected chi connectivity index (χ1v) is 5.97. The van der Waals surface area contributed by atoms with Crippen LogP contribution in [-0.4, -0.2) is 22.4 Å². The number of aryl methyl sites for hydroxylation is 1. The molecular formula is C13H19N3O. The SMILES string of the molecule is CC(Cc1ccco1)NCCc1cnn(C)c1. The van der Waals surface area contributed by atoms with Gasteiger partial charge in [-0.25, -0.2) is 0 Å². The van der Waals surface area contributed by atoms with Gasteiger partial charge in [0.15, 0.2) is 0 Å². The van der Waals surface area contributed by atoms with E-state index in [1.165, 1.54) is 5.56 Å². The highest BCUT2D eigenvalue weighted by molar-refractivity contribution is 5.04. The standard InChI is InChI=1S/C13H19N3O/c1-11(8-13-4-3-7-17-13)14-6-5-12-9-15-16(2)10-12/h3-4,7,9-11,14H,5-6,8H2,1-2H3. The zero-order valence-electron chi connectivity index (χ0n) is 10.4. The molecule has 1 N–H and O–H groups in total. The normalized spacial score (nSPS) is 12.8. The summed E-state index contributed by atoms with van der Waals surface area (Å²) in [6, 6.07) is 4.37. The Morgan fingerprint density at radius 2 is 2.41 bits per heavy atom. The molecule has 17 heavy (non-hydrogen) atoms. The van der Waals surface area contributed by atoms with Gasteiger partial charge in [-0.15, -0.1) is 0 Å². The first-order valence-electron chi connectivity index (χ1n) is 5.97. The van der Waals surface area contributed by atoms with Crippen LogP contribution < -0.4 is 5.32 Å². The Morgan fingerprint density at radius 1 is 1.53 bits per heavy atom. The van der Waals surface area contributed by atoms with E-state index in [1.807, 2.05) is 30.1 Å². The minimum Gasteiger partial charge on any atom is -0.469 e. The molecule has 0 aliphatic rings. The van der Waals surface area contributed by atoms with Crippen molar-refractivity contribution in [2.75, 3.05) is 6.54 Å². The van der Waals surface area contributed by atoms with E-state index in [9.17, 15) is 0 Å². The van der Waals surface area contributed by atoms with Crippen LogP contribution in [0.25, 0.3) is 0 Å². The summed E-state index contributed by atoms with van der Waals surface area (Å²) in [5.74, 6) is 1.03. The Labute approximate surface area is 102 Å². The minimum atomic E-state index is 0.429. The molecule has 0 amide bonds. The van der Waals surface area contributed by atoms with Crippen molar-refractivity contribution in [1.82, 2.24) is 15.1 Å². The molecule has 1 unspecified atom stereocenters. The van der Waals surface area contributed by atoms with Crippen molar-refractivity contribution in [2.24, 2.45) is 7.05 Å². The van der Waals surface area contributed by atoms with Crippen LogP contribution in [0.5, 0.6) is 0 Å². The Kier molecular flexibility index (Phi) is 3.98. The number of nitrogens with one attached hydrogen (secondary N) is 1. The summed E-state index contributed by atoms with van der Waals surface area (Å²) in [5.41, 5.74) is 1.27. The third kappa shape index (κ3) is 3.75. The molecule has 0 aliphatic carbocycles. The van der Waals surface area contributed by atoms with E-state index in [4.69, 9.17) is 4.42 Å². The number of hydrogen-bond acceptors (Lipinski definition) is 3. The van der Waals surface area contributed by atoms with E-state index in [-0.39, 0.29) is 0 Å². The maximum atomic E-state index is 5.32. The van der Waals surface area contributed by atoms with Crippen molar-refractivity contribution in [1.29, 1.82) is 0 Å². The van der Waals surface area contributed by atoms with Crippen LogP contribution in [0.3, 0.4) is 0 Å². The minimum absolute atomic E-state index is 0.429. The predicted octanol–water partition coefficient (Wildman–Crippen LogP) is 1.78. The van der Waals surface area contributed by atoms with Crippen LogP contribution >= 0.6 is 0 Å². The summed E-state index contributed by atoms with van der Waals surface area (Å²) in [6.07, 6.45) is 7.63. The molecule has 2 heterocycles. The lowest BCUT2D eigenvalue weighted by atomic mass is 10.2. The van der Waals surface area contributed by atoms with Gasteiger partial charge < -0.3 is 9.73 Å². The van der Waals surface area contributed by atoms with Gasteiger partial charge in [0.25, 0.3) is 0 Å². The summed E-state index contributed by atoms with van der Waals surface area (Å²) < 4.78 is 7.15. The van der Waals surface area contributed by atoms with Gasteiger partial charge in [-0.2, -0.15) is 5.10 Å². The fraction of sp³-hybridized carbons (Fsp3) is 0.462. The summed E-state index contributed by atoms with van der Waals surface area (Å²) in [5, 5.41) is 7.63. The zero-order chi connectivity index (χ0) is 12.1. The molecule has 0 saturated heterocycles. The summed E-state index contributed by atoms with van der Waals surface area (Å²) in [4.78, 5) is 0. The highest BCUT2D eigenvalue weighted by atomic mass is 16.3. The zero-order valence-corrected chi connectivity index (χ0v) is 10.4.